The van der Waals surface area contributed by atoms with E-state index < -0.39 is 0 Å². The summed E-state index contributed by atoms with van der Waals surface area (Å²) in [5.74, 6) is 2.96. The molecule has 0 aromatic heterocycles. The number of benzene rings is 2. The third-order valence-electron chi connectivity index (χ3n) is 5.37. The monoisotopic (exact) mass is 521 g/mol. The fraction of sp³-hybridized carbons (Fsp3) is 0.444. The van der Waals surface area contributed by atoms with E-state index in [9.17, 15) is 4.79 Å². The Morgan fingerprint density at radius 1 is 1.22 bits per heavy atom. The summed E-state index contributed by atoms with van der Waals surface area (Å²) in [6, 6.07) is 14.1. The first-order chi connectivity index (χ1) is 15.3. The number of ether oxygens (including phenoxy) is 1. The average Bonchev–Trinajstić information content (AvgIpc) is 2.80. The lowest BCUT2D eigenvalue weighted by Gasteiger charge is -2.26. The number of hydrogen-bond acceptors (Lipinski definition) is 3. The minimum absolute atomic E-state index is 0.140. The molecule has 1 aliphatic rings. The number of rotatable bonds is 5. The van der Waals surface area contributed by atoms with Gasteiger partial charge in [-0.2, -0.15) is 0 Å². The summed E-state index contributed by atoms with van der Waals surface area (Å²) in [7, 11) is 0. The maximum atomic E-state index is 13.2. The molecule has 2 aromatic rings. The molecule has 0 aliphatic carbocycles. The summed E-state index contributed by atoms with van der Waals surface area (Å²) < 4.78 is 5.81. The number of carbonyl (C=O) groups is 1. The maximum Gasteiger partial charge on any atom is 0.169 e. The van der Waals surface area contributed by atoms with Crippen molar-refractivity contribution in [3.63, 3.8) is 0 Å². The molecule has 176 valence electrons. The smallest absolute Gasteiger partial charge is 0.169 e. The molecule has 3 rings (SSSR count). The summed E-state index contributed by atoms with van der Waals surface area (Å²) >= 11 is 9.03. The number of hydrogen-bond donors (Lipinski definition) is 1. The highest BCUT2D eigenvalue weighted by Crippen LogP contribution is 2.34. The van der Waals surface area contributed by atoms with Crippen LogP contribution in [0.15, 0.2) is 48.5 Å². The van der Waals surface area contributed by atoms with Crippen LogP contribution in [0.1, 0.15) is 63.6 Å². The van der Waals surface area contributed by atoms with Crippen LogP contribution in [-0.2, 0) is 11.2 Å². The Balaban J connectivity index is 0.000000646. The molecule has 0 bridgehead atoms. The van der Waals surface area contributed by atoms with Gasteiger partial charge in [-0.3, -0.25) is 4.79 Å². The number of ketones is 1. The third kappa shape index (κ3) is 8.06. The Labute approximate surface area is 207 Å². The molecule has 0 saturated carbocycles. The van der Waals surface area contributed by atoms with Crippen molar-refractivity contribution in [2.45, 2.75) is 59.4 Å². The Morgan fingerprint density at radius 3 is 2.41 bits per heavy atom. The molecule has 2 N–H and O–H groups in total. The number of nitrogens with two attached hydrogens (primary N) is 1. The number of allylic oxidation sites excluding steroid dienone is 2. The lowest BCUT2D eigenvalue weighted by Crippen LogP contribution is -2.29. The van der Waals surface area contributed by atoms with E-state index in [1.165, 1.54) is 5.56 Å². The first kappa shape index (κ1) is 28.4. The SMILES string of the molecule is C/C=C(/C(=O)C1COc2ccc(Cl)cc2C1)c1ccccc1C(C)C.CBr.CCC(C)N. The van der Waals surface area contributed by atoms with Gasteiger partial charge < -0.3 is 10.5 Å². The quantitative estimate of drug-likeness (QED) is 0.328. The van der Waals surface area contributed by atoms with Crippen molar-refractivity contribution in [3.8, 4) is 5.75 Å². The first-order valence-corrected chi connectivity index (χ1v) is 13.1. The number of carbonyl (C=O) groups excluding carboxylic acids is 1. The molecule has 32 heavy (non-hydrogen) atoms. The molecule has 3 nitrogen and oxygen atoms in total. The molecule has 0 spiro atoms. The number of fused-ring (bicyclic) bond motifs is 1. The zero-order valence-corrected chi connectivity index (χ0v) is 22.5. The molecule has 0 fully saturated rings. The van der Waals surface area contributed by atoms with Crippen molar-refractivity contribution in [2.24, 2.45) is 11.7 Å². The summed E-state index contributed by atoms with van der Waals surface area (Å²) in [6.45, 7) is 10.7. The van der Waals surface area contributed by atoms with E-state index in [2.05, 4.69) is 42.8 Å². The summed E-state index contributed by atoms with van der Waals surface area (Å²) in [5.41, 5.74) is 9.30. The Bertz CT molecular complexity index is 893. The van der Waals surface area contributed by atoms with E-state index in [4.69, 9.17) is 22.1 Å². The molecule has 2 unspecified atom stereocenters. The molecule has 1 aliphatic heterocycles. The highest BCUT2D eigenvalue weighted by molar-refractivity contribution is 9.08. The van der Waals surface area contributed by atoms with Crippen molar-refractivity contribution in [3.05, 3.63) is 70.3 Å². The second-order valence-corrected chi connectivity index (χ2v) is 8.59. The largest absolute Gasteiger partial charge is 0.493 e. The van der Waals surface area contributed by atoms with Gasteiger partial charge in [0, 0.05) is 16.6 Å². The van der Waals surface area contributed by atoms with E-state index in [1.54, 1.807) is 0 Å². The number of halogens is 2. The fourth-order valence-corrected chi connectivity index (χ4v) is 3.62. The molecule has 0 saturated heterocycles. The zero-order chi connectivity index (χ0) is 24.3. The first-order valence-electron chi connectivity index (χ1n) is 11.1. The Hall–Kier alpha value is -1.62. The van der Waals surface area contributed by atoms with E-state index in [1.807, 2.05) is 62.2 Å². The third-order valence-corrected chi connectivity index (χ3v) is 5.61. The minimum Gasteiger partial charge on any atom is -0.493 e. The second kappa shape index (κ2) is 14.5. The van der Waals surface area contributed by atoms with E-state index in [0.29, 0.717) is 30.0 Å². The lowest BCUT2D eigenvalue weighted by molar-refractivity contribution is -0.118. The fourth-order valence-electron chi connectivity index (χ4n) is 3.43. The molecule has 5 heteroatoms. The van der Waals surface area contributed by atoms with Crippen LogP contribution < -0.4 is 10.5 Å². The van der Waals surface area contributed by atoms with Crippen LogP contribution in [-0.4, -0.2) is 24.3 Å². The van der Waals surface area contributed by atoms with Crippen molar-refractivity contribution >= 4 is 38.9 Å². The van der Waals surface area contributed by atoms with Crippen molar-refractivity contribution in [2.75, 3.05) is 12.4 Å². The minimum atomic E-state index is -0.183. The van der Waals surface area contributed by atoms with Gasteiger partial charge in [0.05, 0.1) is 12.5 Å². The van der Waals surface area contributed by atoms with Crippen molar-refractivity contribution < 1.29 is 9.53 Å². The standard InChI is InChI=1S/C22H23ClO2.C4H11N.CH3Br/c1-4-18(20-8-6-5-7-19(20)14(2)3)22(24)16-11-15-12-17(23)9-10-21(15)25-13-16;1-3-4(2)5;1-2/h4-10,12,14,16H,11,13H2,1-3H3;4H,3,5H2,1-2H3;1H3/b18-4+;;. The van der Waals surface area contributed by atoms with Gasteiger partial charge in [-0.15, -0.1) is 0 Å². The van der Waals surface area contributed by atoms with Gasteiger partial charge >= 0.3 is 0 Å². The number of Topliss-reactive ketones (excluding diaryl/α,β-unsaturated/α-hetero) is 1. The predicted molar refractivity (Wildman–Crippen MR) is 142 cm³/mol. The van der Waals surface area contributed by atoms with Gasteiger partial charge in [-0.25, -0.2) is 0 Å². The van der Waals surface area contributed by atoms with Crippen LogP contribution in [0.25, 0.3) is 5.57 Å². The molecule has 0 radical (unpaired) electrons. The van der Waals surface area contributed by atoms with Crippen LogP contribution in [0, 0.1) is 5.92 Å². The van der Waals surface area contributed by atoms with Gasteiger partial charge in [0.15, 0.2) is 5.78 Å². The topological polar surface area (TPSA) is 52.3 Å². The van der Waals surface area contributed by atoms with Crippen LogP contribution in [0.4, 0.5) is 0 Å². The van der Waals surface area contributed by atoms with Gasteiger partial charge in [0.25, 0.3) is 0 Å². The van der Waals surface area contributed by atoms with Gasteiger partial charge in [0.2, 0.25) is 0 Å². The maximum absolute atomic E-state index is 13.2. The summed E-state index contributed by atoms with van der Waals surface area (Å²) in [4.78, 5) is 13.2. The van der Waals surface area contributed by atoms with Crippen LogP contribution in [0.2, 0.25) is 5.02 Å². The highest BCUT2D eigenvalue weighted by atomic mass is 79.9. The van der Waals surface area contributed by atoms with Gasteiger partial charge in [-0.1, -0.05) is 78.6 Å². The Morgan fingerprint density at radius 2 is 1.84 bits per heavy atom. The van der Waals surface area contributed by atoms with Crippen molar-refractivity contribution in [1.29, 1.82) is 0 Å². The van der Waals surface area contributed by atoms with Gasteiger partial charge in [-0.05, 0) is 73.3 Å². The predicted octanol–water partition coefficient (Wildman–Crippen LogP) is 7.44. The van der Waals surface area contributed by atoms with E-state index >= 15 is 0 Å². The number of alkyl halides is 1. The van der Waals surface area contributed by atoms with Gasteiger partial charge in [0.1, 0.15) is 5.75 Å². The van der Waals surface area contributed by atoms with Crippen molar-refractivity contribution in [1.82, 2.24) is 0 Å². The van der Waals surface area contributed by atoms with Crippen LogP contribution >= 0.6 is 27.5 Å². The average molecular weight is 523 g/mol. The van der Waals surface area contributed by atoms with E-state index in [-0.39, 0.29) is 11.7 Å². The van der Waals surface area contributed by atoms with E-state index in [0.717, 1.165) is 28.9 Å². The van der Waals surface area contributed by atoms with Crippen LogP contribution in [0.5, 0.6) is 5.75 Å². The molecule has 1 heterocycles. The lowest BCUT2D eigenvalue weighted by atomic mass is 9.84. The summed E-state index contributed by atoms with van der Waals surface area (Å²) in [6.07, 6.45) is 3.67. The molecule has 2 atom stereocenters. The summed E-state index contributed by atoms with van der Waals surface area (Å²) in [5, 5.41) is 0.673. The van der Waals surface area contributed by atoms with Crippen LogP contribution in [0.3, 0.4) is 0 Å². The normalized spacial score (nSPS) is 15.9. The molecule has 0 amide bonds. The molecular weight excluding hydrogens is 486 g/mol. The molecule has 2 aromatic carbocycles. The zero-order valence-electron chi connectivity index (χ0n) is 20.1. The highest BCUT2D eigenvalue weighted by Gasteiger charge is 2.29. The Kier molecular flexibility index (Phi) is 12.9. The second-order valence-electron chi connectivity index (χ2n) is 8.16. The molecular formula is C27H37BrClNO2.